The Morgan fingerprint density at radius 3 is 2.36 bits per heavy atom. The van der Waals surface area contributed by atoms with Gasteiger partial charge in [-0.05, 0) is 30.9 Å². The van der Waals surface area contributed by atoms with Crippen LogP contribution < -0.4 is 0 Å². The second-order valence-electron chi connectivity index (χ2n) is 9.28. The molecular weight excluding hydrogens is 423 g/mol. The first-order valence-corrected chi connectivity index (χ1v) is 12.1. The molecular formula is C25H33FN4O3. The Morgan fingerprint density at radius 1 is 1.03 bits per heavy atom. The maximum Gasteiger partial charge on any atom is 0.227 e. The predicted molar refractivity (Wildman–Crippen MR) is 122 cm³/mol. The minimum absolute atomic E-state index is 0.0189. The Kier molecular flexibility index (Phi) is 7.73. The summed E-state index contributed by atoms with van der Waals surface area (Å²) in [4.78, 5) is 33.2. The van der Waals surface area contributed by atoms with E-state index in [1.807, 2.05) is 4.90 Å². The highest BCUT2D eigenvalue weighted by Crippen LogP contribution is 2.27. The fraction of sp³-hybridized carbons (Fsp3) is 0.600. The molecule has 4 rings (SSSR count). The third kappa shape index (κ3) is 6.18. The van der Waals surface area contributed by atoms with Crippen LogP contribution in [0.25, 0.3) is 11.4 Å². The smallest absolute Gasteiger partial charge is 0.227 e. The zero-order chi connectivity index (χ0) is 23.2. The summed E-state index contributed by atoms with van der Waals surface area (Å²) in [5.74, 6) is 1.30. The number of benzene rings is 1. The summed E-state index contributed by atoms with van der Waals surface area (Å²) < 4.78 is 19.0. The molecule has 1 aliphatic heterocycles. The monoisotopic (exact) mass is 456 g/mol. The van der Waals surface area contributed by atoms with Crippen LogP contribution in [0.2, 0.25) is 0 Å². The van der Waals surface area contributed by atoms with Gasteiger partial charge in [-0.2, -0.15) is 4.98 Å². The molecule has 178 valence electrons. The van der Waals surface area contributed by atoms with Gasteiger partial charge in [0.05, 0.1) is 0 Å². The van der Waals surface area contributed by atoms with Gasteiger partial charge in [0.2, 0.25) is 23.5 Å². The third-order valence-electron chi connectivity index (χ3n) is 6.93. The highest BCUT2D eigenvalue weighted by atomic mass is 19.1. The summed E-state index contributed by atoms with van der Waals surface area (Å²) in [5.41, 5.74) is 1.10. The second kappa shape index (κ2) is 10.9. The van der Waals surface area contributed by atoms with Crippen LogP contribution in [-0.2, 0) is 16.0 Å². The summed E-state index contributed by atoms with van der Waals surface area (Å²) >= 11 is 0. The van der Waals surface area contributed by atoms with Crippen molar-refractivity contribution >= 4 is 11.8 Å². The predicted octanol–water partition coefficient (Wildman–Crippen LogP) is 4.15. The van der Waals surface area contributed by atoms with Gasteiger partial charge in [0.25, 0.3) is 0 Å². The molecule has 1 saturated heterocycles. The summed E-state index contributed by atoms with van der Waals surface area (Å²) in [6.45, 7) is 4.01. The van der Waals surface area contributed by atoms with Crippen molar-refractivity contribution in [1.82, 2.24) is 19.9 Å². The summed E-state index contributed by atoms with van der Waals surface area (Å²) in [7, 11) is 0. The van der Waals surface area contributed by atoms with Crippen molar-refractivity contribution in [2.24, 2.45) is 5.92 Å². The lowest BCUT2D eigenvalue weighted by Crippen LogP contribution is -2.50. The van der Waals surface area contributed by atoms with Crippen molar-refractivity contribution in [3.05, 3.63) is 35.5 Å². The van der Waals surface area contributed by atoms with Gasteiger partial charge >= 0.3 is 0 Å². The fourth-order valence-electron chi connectivity index (χ4n) is 4.74. The van der Waals surface area contributed by atoms with E-state index >= 15 is 0 Å². The number of halogens is 1. The number of rotatable bonds is 7. The number of piperazine rings is 1. The van der Waals surface area contributed by atoms with Crippen molar-refractivity contribution in [2.45, 2.75) is 64.7 Å². The molecule has 1 aromatic heterocycles. The number of hydrogen-bond acceptors (Lipinski definition) is 5. The van der Waals surface area contributed by atoms with Gasteiger partial charge in [-0.3, -0.25) is 9.59 Å². The van der Waals surface area contributed by atoms with E-state index in [-0.39, 0.29) is 24.1 Å². The highest BCUT2D eigenvalue weighted by molar-refractivity contribution is 5.78. The number of nitrogens with zero attached hydrogens (tertiary/aromatic N) is 4. The summed E-state index contributed by atoms with van der Waals surface area (Å²) in [6.07, 6.45) is 8.69. The zero-order valence-corrected chi connectivity index (χ0v) is 19.4. The Balaban J connectivity index is 1.19. The fourth-order valence-corrected chi connectivity index (χ4v) is 4.74. The van der Waals surface area contributed by atoms with Gasteiger partial charge in [-0.1, -0.05) is 49.4 Å². The van der Waals surface area contributed by atoms with Crippen molar-refractivity contribution in [1.29, 1.82) is 0 Å². The first-order valence-electron chi connectivity index (χ1n) is 12.1. The minimum atomic E-state index is -0.319. The van der Waals surface area contributed by atoms with E-state index in [0.717, 1.165) is 6.42 Å². The Hall–Kier alpha value is -2.77. The van der Waals surface area contributed by atoms with Crippen LogP contribution in [0.5, 0.6) is 0 Å². The van der Waals surface area contributed by atoms with Crippen LogP contribution in [0.15, 0.2) is 22.7 Å². The molecule has 0 atom stereocenters. The molecule has 2 aliphatic rings. The Morgan fingerprint density at radius 2 is 1.70 bits per heavy atom. The average Bonchev–Trinajstić information content (AvgIpc) is 3.32. The standard InChI is InChI=1S/C25H33FN4O3/c1-18-7-9-20(17-21(18)26)25-27-22(33-28-25)10-12-24(32)30-15-13-29(14-16-30)23(31)11-8-19-5-3-2-4-6-19/h7,9,17,19H,2-6,8,10-16H2,1H3. The second-order valence-corrected chi connectivity index (χ2v) is 9.28. The minimum Gasteiger partial charge on any atom is -0.339 e. The Bertz CT molecular complexity index is 962. The molecule has 0 bridgehead atoms. The largest absolute Gasteiger partial charge is 0.339 e. The van der Waals surface area contributed by atoms with Crippen LogP contribution in [0, 0.1) is 18.7 Å². The molecule has 8 heteroatoms. The number of aromatic nitrogens is 2. The van der Waals surface area contributed by atoms with Gasteiger partial charge in [-0.15, -0.1) is 0 Å². The number of carbonyl (C=O) groups is 2. The molecule has 2 amide bonds. The first-order chi connectivity index (χ1) is 16.0. The molecule has 2 fully saturated rings. The van der Waals surface area contributed by atoms with Crippen LogP contribution in [0.4, 0.5) is 4.39 Å². The molecule has 0 N–H and O–H groups in total. The van der Waals surface area contributed by atoms with Crippen LogP contribution >= 0.6 is 0 Å². The van der Waals surface area contributed by atoms with Crippen LogP contribution in [-0.4, -0.2) is 57.9 Å². The van der Waals surface area contributed by atoms with E-state index in [0.29, 0.717) is 67.8 Å². The highest BCUT2D eigenvalue weighted by Gasteiger charge is 2.25. The average molecular weight is 457 g/mol. The molecule has 2 heterocycles. The van der Waals surface area contributed by atoms with Gasteiger partial charge in [-0.25, -0.2) is 4.39 Å². The van der Waals surface area contributed by atoms with E-state index in [1.54, 1.807) is 24.0 Å². The first kappa shape index (κ1) is 23.4. The molecule has 0 radical (unpaired) electrons. The van der Waals surface area contributed by atoms with E-state index in [1.165, 1.54) is 38.2 Å². The van der Waals surface area contributed by atoms with Crippen LogP contribution in [0.3, 0.4) is 0 Å². The lowest BCUT2D eigenvalue weighted by Gasteiger charge is -2.35. The summed E-state index contributed by atoms with van der Waals surface area (Å²) in [6, 6.07) is 4.80. The van der Waals surface area contributed by atoms with E-state index in [2.05, 4.69) is 10.1 Å². The molecule has 1 aromatic carbocycles. The van der Waals surface area contributed by atoms with Gasteiger partial charge in [0.1, 0.15) is 5.82 Å². The molecule has 7 nitrogen and oxygen atoms in total. The van der Waals surface area contributed by atoms with E-state index in [9.17, 15) is 14.0 Å². The number of amides is 2. The number of aryl methyl sites for hydroxylation is 2. The maximum atomic E-state index is 13.8. The van der Waals surface area contributed by atoms with Gasteiger partial charge in [0.15, 0.2) is 0 Å². The lowest BCUT2D eigenvalue weighted by molar-refractivity contribution is -0.139. The van der Waals surface area contributed by atoms with Crippen molar-refractivity contribution < 1.29 is 18.5 Å². The van der Waals surface area contributed by atoms with Crippen molar-refractivity contribution in [2.75, 3.05) is 26.2 Å². The van der Waals surface area contributed by atoms with Crippen molar-refractivity contribution in [3.63, 3.8) is 0 Å². The summed E-state index contributed by atoms with van der Waals surface area (Å²) in [5, 5.41) is 3.91. The molecule has 1 saturated carbocycles. The Labute approximate surface area is 194 Å². The molecule has 1 aliphatic carbocycles. The molecule has 0 unspecified atom stereocenters. The van der Waals surface area contributed by atoms with Crippen LogP contribution in [0.1, 0.15) is 62.8 Å². The van der Waals surface area contributed by atoms with Crippen molar-refractivity contribution in [3.8, 4) is 11.4 Å². The third-order valence-corrected chi connectivity index (χ3v) is 6.93. The van der Waals surface area contributed by atoms with Gasteiger partial charge < -0.3 is 14.3 Å². The lowest BCUT2D eigenvalue weighted by atomic mass is 9.86. The molecule has 2 aromatic rings. The number of carbonyl (C=O) groups excluding carboxylic acids is 2. The quantitative estimate of drug-likeness (QED) is 0.625. The van der Waals surface area contributed by atoms with E-state index < -0.39 is 0 Å². The van der Waals surface area contributed by atoms with Gasteiger partial charge in [0, 0.05) is 51.0 Å². The number of hydrogen-bond donors (Lipinski definition) is 0. The maximum absolute atomic E-state index is 13.8. The zero-order valence-electron chi connectivity index (χ0n) is 19.4. The molecule has 33 heavy (non-hydrogen) atoms. The SMILES string of the molecule is Cc1ccc(-c2noc(CCC(=O)N3CCN(C(=O)CCC4CCCCC4)CC3)n2)cc1F. The topological polar surface area (TPSA) is 79.5 Å². The normalized spacial score (nSPS) is 17.4. The molecule has 0 spiro atoms. The van der Waals surface area contributed by atoms with E-state index in [4.69, 9.17) is 4.52 Å².